The van der Waals surface area contributed by atoms with Crippen molar-refractivity contribution >= 4 is 24.9 Å². The first-order valence-corrected chi connectivity index (χ1v) is 16.3. The number of benzene rings is 3. The van der Waals surface area contributed by atoms with Crippen LogP contribution in [0.1, 0.15) is 23.5 Å². The number of halogens is 1. The summed E-state index contributed by atoms with van der Waals surface area (Å²) in [7, 11) is 0.383. The molecule has 3 aromatic carbocycles. The second-order valence-corrected chi connectivity index (χ2v) is 16.3. The lowest BCUT2D eigenvalue weighted by atomic mass is 9.87. The summed E-state index contributed by atoms with van der Waals surface area (Å²) in [5.41, 5.74) is 2.08. The molecule has 1 aliphatic rings. The molecule has 5 nitrogen and oxygen atoms in total. The maximum atomic E-state index is 13.6. The van der Waals surface area contributed by atoms with Crippen LogP contribution in [0, 0.1) is 5.82 Å². The summed E-state index contributed by atoms with van der Waals surface area (Å²) in [6.07, 6.45) is 0.232. The van der Waals surface area contributed by atoms with E-state index in [1.807, 2.05) is 30.3 Å². The van der Waals surface area contributed by atoms with Crippen molar-refractivity contribution in [3.8, 4) is 5.75 Å². The number of carbonyl (C=O) groups is 1. The standard InChI is InChI=1S/C29H36FNO4Si/c1-33-26-12-9-23-17-21(5-6-24(23)18-26)20-35-28-19-31(29(32)34-15-16-36(2,3)4)14-13-27(28)22-7-10-25(30)11-8-22/h5-12,17-18,27-28H,13-16,19-20H2,1-4H3. The van der Waals surface area contributed by atoms with Crippen molar-refractivity contribution in [1.29, 1.82) is 0 Å². The van der Waals surface area contributed by atoms with Gasteiger partial charge in [0.1, 0.15) is 11.6 Å². The van der Waals surface area contributed by atoms with Crippen LogP contribution in [0.3, 0.4) is 0 Å². The number of hydrogen-bond acceptors (Lipinski definition) is 4. The van der Waals surface area contributed by atoms with E-state index in [1.165, 1.54) is 12.1 Å². The number of hydrogen-bond donors (Lipinski definition) is 0. The van der Waals surface area contributed by atoms with Crippen LogP contribution in [0.25, 0.3) is 10.8 Å². The molecule has 7 heteroatoms. The Kier molecular flexibility index (Phi) is 8.31. The summed E-state index contributed by atoms with van der Waals surface area (Å²) in [6, 6.07) is 19.8. The third-order valence-corrected chi connectivity index (χ3v) is 8.47. The number of rotatable bonds is 8. The highest BCUT2D eigenvalue weighted by Crippen LogP contribution is 2.32. The van der Waals surface area contributed by atoms with E-state index < -0.39 is 8.07 Å². The molecule has 0 saturated carbocycles. The van der Waals surface area contributed by atoms with Crippen LogP contribution in [0.15, 0.2) is 60.7 Å². The summed E-state index contributed by atoms with van der Waals surface area (Å²) in [4.78, 5) is 14.5. The number of amides is 1. The van der Waals surface area contributed by atoms with Crippen molar-refractivity contribution in [1.82, 2.24) is 4.90 Å². The fraction of sp³-hybridized carbons (Fsp3) is 0.414. The fourth-order valence-electron chi connectivity index (χ4n) is 4.57. The second-order valence-electron chi connectivity index (χ2n) is 10.7. The van der Waals surface area contributed by atoms with Crippen molar-refractivity contribution < 1.29 is 23.4 Å². The number of piperidine rings is 1. The Morgan fingerprint density at radius 1 is 1.03 bits per heavy atom. The van der Waals surface area contributed by atoms with Crippen LogP contribution in [-0.4, -0.2) is 52.0 Å². The van der Waals surface area contributed by atoms with Gasteiger partial charge in [-0.05, 0) is 64.7 Å². The average Bonchev–Trinajstić information content (AvgIpc) is 2.86. The summed E-state index contributed by atoms with van der Waals surface area (Å²) in [6.45, 7) is 8.71. The molecule has 1 amide bonds. The van der Waals surface area contributed by atoms with E-state index >= 15 is 0 Å². The molecular formula is C29H36FNO4Si. The van der Waals surface area contributed by atoms with Gasteiger partial charge in [-0.15, -0.1) is 0 Å². The number of ether oxygens (including phenoxy) is 3. The largest absolute Gasteiger partial charge is 0.497 e. The van der Waals surface area contributed by atoms with Gasteiger partial charge in [0, 0.05) is 20.5 Å². The van der Waals surface area contributed by atoms with Crippen molar-refractivity contribution in [3.63, 3.8) is 0 Å². The Bertz CT molecular complexity index is 1180. The van der Waals surface area contributed by atoms with Gasteiger partial charge in [-0.3, -0.25) is 0 Å². The molecule has 1 aliphatic heterocycles. The molecule has 0 N–H and O–H groups in total. The zero-order valence-electron chi connectivity index (χ0n) is 21.6. The van der Waals surface area contributed by atoms with E-state index in [0.29, 0.717) is 26.3 Å². The first-order valence-electron chi connectivity index (χ1n) is 12.6. The monoisotopic (exact) mass is 509 g/mol. The highest BCUT2D eigenvalue weighted by Gasteiger charge is 2.34. The maximum absolute atomic E-state index is 13.6. The predicted molar refractivity (Wildman–Crippen MR) is 144 cm³/mol. The number of fused-ring (bicyclic) bond motifs is 1. The first kappa shape index (κ1) is 26.2. The van der Waals surface area contributed by atoms with E-state index in [2.05, 4.69) is 37.8 Å². The van der Waals surface area contributed by atoms with Gasteiger partial charge in [0.15, 0.2) is 0 Å². The number of likely N-dealkylation sites (tertiary alicyclic amines) is 1. The normalized spacial score (nSPS) is 18.3. The Morgan fingerprint density at radius 2 is 1.75 bits per heavy atom. The quantitative estimate of drug-likeness (QED) is 0.312. The molecule has 1 fully saturated rings. The van der Waals surface area contributed by atoms with Crippen molar-refractivity contribution in [3.05, 3.63) is 77.6 Å². The van der Waals surface area contributed by atoms with Crippen LogP contribution in [0.4, 0.5) is 9.18 Å². The Morgan fingerprint density at radius 3 is 2.47 bits per heavy atom. The second kappa shape index (κ2) is 11.4. The Labute approximate surface area is 214 Å². The van der Waals surface area contributed by atoms with Gasteiger partial charge in [-0.2, -0.15) is 0 Å². The molecule has 1 saturated heterocycles. The van der Waals surface area contributed by atoms with E-state index in [1.54, 1.807) is 12.0 Å². The van der Waals surface area contributed by atoms with Crippen LogP contribution in [0.5, 0.6) is 5.75 Å². The lowest BCUT2D eigenvalue weighted by Gasteiger charge is -2.38. The van der Waals surface area contributed by atoms with Gasteiger partial charge in [0.05, 0.1) is 33.0 Å². The summed E-state index contributed by atoms with van der Waals surface area (Å²) in [5.74, 6) is 0.640. The minimum Gasteiger partial charge on any atom is -0.497 e. The van der Waals surface area contributed by atoms with Crippen molar-refractivity contribution in [2.24, 2.45) is 0 Å². The van der Waals surface area contributed by atoms with E-state index in [9.17, 15) is 9.18 Å². The van der Waals surface area contributed by atoms with Crippen molar-refractivity contribution in [2.75, 3.05) is 26.8 Å². The molecule has 0 bridgehead atoms. The Hall–Kier alpha value is -2.90. The van der Waals surface area contributed by atoms with E-state index in [4.69, 9.17) is 14.2 Å². The van der Waals surface area contributed by atoms with Gasteiger partial charge < -0.3 is 19.1 Å². The predicted octanol–water partition coefficient (Wildman–Crippen LogP) is 6.84. The van der Waals surface area contributed by atoms with Crippen LogP contribution in [-0.2, 0) is 16.1 Å². The SMILES string of the molecule is COc1ccc2cc(COC3CN(C(=O)OCC[Si](C)(C)C)CCC3c3ccc(F)cc3)ccc2c1. The molecular weight excluding hydrogens is 473 g/mol. The summed E-state index contributed by atoms with van der Waals surface area (Å²) < 4.78 is 30.9. The highest BCUT2D eigenvalue weighted by molar-refractivity contribution is 6.76. The van der Waals surface area contributed by atoms with Gasteiger partial charge >= 0.3 is 6.09 Å². The molecule has 0 aliphatic carbocycles. The molecule has 2 unspecified atom stereocenters. The molecule has 0 spiro atoms. The zero-order valence-corrected chi connectivity index (χ0v) is 22.6. The zero-order chi connectivity index (χ0) is 25.7. The molecule has 0 aromatic heterocycles. The molecule has 36 heavy (non-hydrogen) atoms. The van der Waals surface area contributed by atoms with Crippen LogP contribution >= 0.6 is 0 Å². The minimum atomic E-state index is -1.28. The third kappa shape index (κ3) is 6.86. The first-order chi connectivity index (χ1) is 17.2. The molecule has 4 rings (SSSR count). The lowest BCUT2D eigenvalue weighted by molar-refractivity contribution is -0.0233. The van der Waals surface area contributed by atoms with Crippen LogP contribution in [0.2, 0.25) is 25.7 Å². The van der Waals surface area contributed by atoms with Crippen molar-refractivity contribution in [2.45, 2.75) is 50.7 Å². The number of nitrogens with zero attached hydrogens (tertiary/aromatic N) is 1. The third-order valence-electron chi connectivity index (χ3n) is 6.77. The van der Waals surface area contributed by atoms with Gasteiger partial charge in [0.25, 0.3) is 0 Å². The Balaban J connectivity index is 1.46. The van der Waals surface area contributed by atoms with Crippen LogP contribution < -0.4 is 4.74 Å². The van der Waals surface area contributed by atoms with E-state index in [0.717, 1.165) is 40.1 Å². The summed E-state index contributed by atoms with van der Waals surface area (Å²) in [5, 5.41) is 2.22. The maximum Gasteiger partial charge on any atom is 0.409 e. The fourth-order valence-corrected chi connectivity index (χ4v) is 5.29. The molecule has 0 radical (unpaired) electrons. The topological polar surface area (TPSA) is 48.0 Å². The van der Waals surface area contributed by atoms with Gasteiger partial charge in [0.2, 0.25) is 0 Å². The minimum absolute atomic E-state index is 0.0707. The molecule has 2 atom stereocenters. The molecule has 3 aromatic rings. The smallest absolute Gasteiger partial charge is 0.409 e. The van der Waals surface area contributed by atoms with E-state index in [-0.39, 0.29) is 23.9 Å². The summed E-state index contributed by atoms with van der Waals surface area (Å²) >= 11 is 0. The highest BCUT2D eigenvalue weighted by atomic mass is 28.3. The van der Waals surface area contributed by atoms with Gasteiger partial charge in [-0.25, -0.2) is 9.18 Å². The number of methoxy groups -OCH3 is 1. The molecule has 1 heterocycles. The molecule has 192 valence electrons. The number of carbonyl (C=O) groups excluding carboxylic acids is 1. The van der Waals surface area contributed by atoms with Gasteiger partial charge in [-0.1, -0.05) is 50.0 Å². The average molecular weight is 510 g/mol. The lowest BCUT2D eigenvalue weighted by Crippen LogP contribution is -2.47.